The molecule has 1 aliphatic rings. The predicted octanol–water partition coefficient (Wildman–Crippen LogP) is 1.94. The lowest BCUT2D eigenvalue weighted by Crippen LogP contribution is -2.40. The summed E-state index contributed by atoms with van der Waals surface area (Å²) < 4.78 is 13.6. The van der Waals surface area contributed by atoms with Crippen LogP contribution >= 0.6 is 0 Å². The fraction of sp³-hybridized carbons (Fsp3) is 0.467. The van der Waals surface area contributed by atoms with Gasteiger partial charge in [-0.3, -0.25) is 9.69 Å². The minimum Gasteiger partial charge on any atom is -0.326 e. The maximum atomic E-state index is 13.6. The first-order chi connectivity index (χ1) is 10.0. The first-order valence-electron chi connectivity index (χ1n) is 7.06. The summed E-state index contributed by atoms with van der Waals surface area (Å²) in [6, 6.07) is 5.68. The molecule has 5 nitrogen and oxygen atoms in total. The molecule has 3 amide bonds. The van der Waals surface area contributed by atoms with Crippen molar-refractivity contribution in [1.29, 1.82) is 0 Å². The first kappa shape index (κ1) is 15.4. The number of rotatable bonds is 6. The molecule has 114 valence electrons. The summed E-state index contributed by atoms with van der Waals surface area (Å²) in [6.45, 7) is 2.45. The van der Waals surface area contributed by atoms with Gasteiger partial charge in [-0.25, -0.2) is 14.1 Å². The van der Waals surface area contributed by atoms with E-state index in [1.165, 1.54) is 11.0 Å². The smallest absolute Gasteiger partial charge is 0.325 e. The van der Waals surface area contributed by atoms with Gasteiger partial charge < -0.3 is 5.32 Å². The predicted molar refractivity (Wildman–Crippen MR) is 76.8 cm³/mol. The summed E-state index contributed by atoms with van der Waals surface area (Å²) in [5.74, 6) is -0.493. The van der Waals surface area contributed by atoms with Crippen LogP contribution in [-0.2, 0) is 11.3 Å². The van der Waals surface area contributed by atoms with Crippen molar-refractivity contribution in [1.82, 2.24) is 15.1 Å². The molecular weight excluding hydrogens is 273 g/mol. The highest BCUT2D eigenvalue weighted by molar-refractivity contribution is 6.04. The van der Waals surface area contributed by atoms with Crippen LogP contribution < -0.4 is 5.32 Å². The Morgan fingerprint density at radius 1 is 1.33 bits per heavy atom. The maximum absolute atomic E-state index is 13.6. The number of carbonyl (C=O) groups is 2. The number of hydrogen-bond donors (Lipinski definition) is 1. The van der Waals surface area contributed by atoms with Gasteiger partial charge in [0.2, 0.25) is 0 Å². The van der Waals surface area contributed by atoms with Gasteiger partial charge in [-0.2, -0.15) is 0 Å². The Morgan fingerprint density at radius 3 is 2.71 bits per heavy atom. The number of imide groups is 1. The molecule has 0 saturated carbocycles. The molecule has 1 N–H and O–H groups in total. The van der Waals surface area contributed by atoms with E-state index in [1.54, 1.807) is 30.1 Å². The number of carbonyl (C=O) groups excluding carboxylic acids is 2. The normalized spacial score (nSPS) is 18.5. The number of nitrogens with one attached hydrogen (secondary N) is 1. The van der Waals surface area contributed by atoms with Gasteiger partial charge in [-0.15, -0.1) is 0 Å². The Morgan fingerprint density at radius 2 is 2.05 bits per heavy atom. The third-order valence-electron chi connectivity index (χ3n) is 3.47. The zero-order chi connectivity index (χ0) is 15.4. The minimum atomic E-state index is -0.427. The lowest BCUT2D eigenvalue weighted by Gasteiger charge is -2.22. The largest absolute Gasteiger partial charge is 0.326 e. The van der Waals surface area contributed by atoms with Crippen molar-refractivity contribution in [3.8, 4) is 0 Å². The fourth-order valence-corrected chi connectivity index (χ4v) is 2.40. The molecule has 0 aromatic heterocycles. The second-order valence-corrected chi connectivity index (χ2v) is 5.30. The summed E-state index contributed by atoms with van der Waals surface area (Å²) >= 11 is 0. The van der Waals surface area contributed by atoms with Crippen molar-refractivity contribution in [2.45, 2.75) is 32.4 Å². The van der Waals surface area contributed by atoms with Crippen LogP contribution in [-0.4, -0.2) is 41.5 Å². The van der Waals surface area contributed by atoms with E-state index < -0.39 is 6.04 Å². The average molecular weight is 293 g/mol. The number of halogens is 1. The molecule has 1 heterocycles. The van der Waals surface area contributed by atoms with Crippen molar-refractivity contribution in [2.75, 3.05) is 13.7 Å². The van der Waals surface area contributed by atoms with Crippen LogP contribution in [0.5, 0.6) is 0 Å². The molecule has 1 aliphatic heterocycles. The van der Waals surface area contributed by atoms with Crippen LogP contribution in [0.15, 0.2) is 24.3 Å². The molecule has 1 unspecified atom stereocenters. The van der Waals surface area contributed by atoms with Gasteiger partial charge in [-0.1, -0.05) is 31.5 Å². The Kier molecular flexibility index (Phi) is 4.90. The molecule has 0 spiro atoms. The van der Waals surface area contributed by atoms with E-state index in [0.717, 1.165) is 6.42 Å². The third-order valence-corrected chi connectivity index (χ3v) is 3.47. The lowest BCUT2D eigenvalue weighted by atomic mass is 10.2. The lowest BCUT2D eigenvalue weighted by molar-refractivity contribution is -0.129. The van der Waals surface area contributed by atoms with Crippen LogP contribution in [0, 0.1) is 5.82 Å². The van der Waals surface area contributed by atoms with E-state index >= 15 is 0 Å². The van der Waals surface area contributed by atoms with Crippen molar-refractivity contribution in [3.63, 3.8) is 0 Å². The highest BCUT2D eigenvalue weighted by Crippen LogP contribution is 2.13. The second-order valence-electron chi connectivity index (χ2n) is 5.30. The van der Waals surface area contributed by atoms with Crippen LogP contribution in [0.25, 0.3) is 0 Å². The summed E-state index contributed by atoms with van der Waals surface area (Å²) in [7, 11) is 1.75. The molecular formula is C15H20FN3O2. The van der Waals surface area contributed by atoms with E-state index in [-0.39, 0.29) is 24.4 Å². The van der Waals surface area contributed by atoms with Gasteiger partial charge in [0.15, 0.2) is 0 Å². The zero-order valence-corrected chi connectivity index (χ0v) is 12.3. The summed E-state index contributed by atoms with van der Waals surface area (Å²) in [4.78, 5) is 26.8. The SMILES string of the molecule is CCCC1NC(=O)N(CN(C)Cc2ccccc2F)C1=O. The topological polar surface area (TPSA) is 52.7 Å². The van der Waals surface area contributed by atoms with Gasteiger partial charge >= 0.3 is 6.03 Å². The van der Waals surface area contributed by atoms with E-state index in [2.05, 4.69) is 5.32 Å². The Bertz CT molecular complexity index is 535. The van der Waals surface area contributed by atoms with Gasteiger partial charge in [0.25, 0.3) is 5.91 Å². The highest BCUT2D eigenvalue weighted by atomic mass is 19.1. The molecule has 21 heavy (non-hydrogen) atoms. The Hall–Kier alpha value is -1.95. The van der Waals surface area contributed by atoms with Crippen LogP contribution in [0.2, 0.25) is 0 Å². The van der Waals surface area contributed by atoms with Crippen molar-refractivity contribution < 1.29 is 14.0 Å². The number of benzene rings is 1. The van der Waals surface area contributed by atoms with Crippen molar-refractivity contribution >= 4 is 11.9 Å². The second kappa shape index (κ2) is 6.67. The van der Waals surface area contributed by atoms with Crippen LogP contribution in [0.1, 0.15) is 25.3 Å². The van der Waals surface area contributed by atoms with Crippen molar-refractivity contribution in [3.05, 3.63) is 35.6 Å². The zero-order valence-electron chi connectivity index (χ0n) is 12.3. The molecule has 1 aromatic rings. The van der Waals surface area contributed by atoms with E-state index in [9.17, 15) is 14.0 Å². The Balaban J connectivity index is 1.96. The average Bonchev–Trinajstić information content (AvgIpc) is 2.70. The number of nitrogens with zero attached hydrogens (tertiary/aromatic N) is 2. The molecule has 6 heteroatoms. The van der Waals surface area contributed by atoms with E-state index in [0.29, 0.717) is 18.5 Å². The van der Waals surface area contributed by atoms with Crippen molar-refractivity contribution in [2.24, 2.45) is 0 Å². The van der Waals surface area contributed by atoms with Gasteiger partial charge in [0.05, 0.1) is 6.67 Å². The Labute approximate surface area is 123 Å². The number of amides is 3. The summed E-state index contributed by atoms with van der Waals surface area (Å²) in [6.07, 6.45) is 1.47. The van der Waals surface area contributed by atoms with Crippen LogP contribution in [0.3, 0.4) is 0 Å². The standard InChI is InChI=1S/C15H20FN3O2/c1-3-6-13-14(20)19(15(21)17-13)10-18(2)9-11-7-4-5-8-12(11)16/h4-5,7-8,13H,3,6,9-10H2,1-2H3,(H,17,21). The molecule has 1 fully saturated rings. The molecule has 1 aromatic carbocycles. The maximum Gasteiger partial charge on any atom is 0.325 e. The van der Waals surface area contributed by atoms with Gasteiger partial charge in [0.1, 0.15) is 11.9 Å². The fourth-order valence-electron chi connectivity index (χ4n) is 2.40. The molecule has 0 bridgehead atoms. The molecule has 0 radical (unpaired) electrons. The monoisotopic (exact) mass is 293 g/mol. The summed E-state index contributed by atoms with van der Waals surface area (Å²) in [5.41, 5.74) is 0.539. The summed E-state index contributed by atoms with van der Waals surface area (Å²) in [5, 5.41) is 2.67. The minimum absolute atomic E-state index is 0.152. The molecule has 2 rings (SSSR count). The quantitative estimate of drug-likeness (QED) is 0.816. The number of urea groups is 1. The number of hydrogen-bond acceptors (Lipinski definition) is 3. The molecule has 0 aliphatic carbocycles. The highest BCUT2D eigenvalue weighted by Gasteiger charge is 2.37. The molecule has 1 saturated heterocycles. The van der Waals surface area contributed by atoms with Crippen LogP contribution in [0.4, 0.5) is 9.18 Å². The first-order valence-corrected chi connectivity index (χ1v) is 7.06. The third kappa shape index (κ3) is 3.58. The van der Waals surface area contributed by atoms with Gasteiger partial charge in [-0.05, 0) is 19.5 Å². The molecule has 1 atom stereocenters. The van der Waals surface area contributed by atoms with Gasteiger partial charge in [0, 0.05) is 12.1 Å². The van der Waals surface area contributed by atoms with E-state index in [1.807, 2.05) is 6.92 Å². The van der Waals surface area contributed by atoms with E-state index in [4.69, 9.17) is 0 Å².